The highest BCUT2D eigenvalue weighted by molar-refractivity contribution is 6.31. The first kappa shape index (κ1) is 17.5. The summed E-state index contributed by atoms with van der Waals surface area (Å²) in [7, 11) is 0. The van der Waals surface area contributed by atoms with Crippen LogP contribution in [0.5, 0.6) is 5.75 Å². The van der Waals surface area contributed by atoms with E-state index in [-0.39, 0.29) is 24.9 Å². The van der Waals surface area contributed by atoms with Crippen molar-refractivity contribution in [3.8, 4) is 5.75 Å². The van der Waals surface area contributed by atoms with E-state index in [0.29, 0.717) is 10.8 Å². The molecule has 0 saturated carbocycles. The van der Waals surface area contributed by atoms with Crippen LogP contribution < -0.4 is 4.74 Å². The molecule has 0 aliphatic rings. The van der Waals surface area contributed by atoms with Crippen LogP contribution in [0.4, 0.5) is 0 Å². The Balaban J connectivity index is 2.40. The SMILES string of the molecule is CCC(CC)OC(=O)CCC(=O)Oc1ccc(Cl)c(C)c1. The quantitative estimate of drug-likeness (QED) is 0.562. The summed E-state index contributed by atoms with van der Waals surface area (Å²) < 4.78 is 10.4. The number of esters is 2. The molecule has 4 nitrogen and oxygen atoms in total. The number of ether oxygens (including phenoxy) is 2. The third kappa shape index (κ3) is 6.17. The molecule has 0 aromatic heterocycles. The molecule has 0 unspecified atom stereocenters. The average molecular weight is 313 g/mol. The van der Waals surface area contributed by atoms with Gasteiger partial charge in [0, 0.05) is 5.02 Å². The Kier molecular flexibility index (Phi) is 7.23. The molecule has 1 aromatic carbocycles. The van der Waals surface area contributed by atoms with Gasteiger partial charge in [-0.25, -0.2) is 0 Å². The van der Waals surface area contributed by atoms with Crippen LogP contribution in [-0.4, -0.2) is 18.0 Å². The fourth-order valence-electron chi connectivity index (χ4n) is 1.77. The van der Waals surface area contributed by atoms with Crippen molar-refractivity contribution in [2.45, 2.75) is 52.6 Å². The van der Waals surface area contributed by atoms with Crippen molar-refractivity contribution < 1.29 is 19.1 Å². The molecule has 0 atom stereocenters. The lowest BCUT2D eigenvalue weighted by atomic mass is 10.2. The standard InChI is InChI=1S/C16H21ClO4/c1-4-12(5-2)20-15(18)8-9-16(19)21-13-6-7-14(17)11(3)10-13/h6-7,10,12H,4-5,8-9H2,1-3H3. The van der Waals surface area contributed by atoms with Crippen molar-refractivity contribution in [3.05, 3.63) is 28.8 Å². The van der Waals surface area contributed by atoms with Crippen LogP contribution >= 0.6 is 11.6 Å². The van der Waals surface area contributed by atoms with Gasteiger partial charge >= 0.3 is 11.9 Å². The van der Waals surface area contributed by atoms with Gasteiger partial charge in [-0.2, -0.15) is 0 Å². The van der Waals surface area contributed by atoms with Crippen LogP contribution in [-0.2, 0) is 14.3 Å². The van der Waals surface area contributed by atoms with E-state index in [4.69, 9.17) is 21.1 Å². The molecule has 0 bridgehead atoms. The summed E-state index contributed by atoms with van der Waals surface area (Å²) in [5.41, 5.74) is 0.829. The Labute approximate surface area is 130 Å². The summed E-state index contributed by atoms with van der Waals surface area (Å²) in [5, 5.41) is 0.614. The van der Waals surface area contributed by atoms with Gasteiger partial charge in [-0.15, -0.1) is 0 Å². The number of carbonyl (C=O) groups is 2. The normalized spacial score (nSPS) is 10.5. The van der Waals surface area contributed by atoms with Crippen LogP contribution in [0.15, 0.2) is 18.2 Å². The zero-order valence-corrected chi connectivity index (χ0v) is 13.4. The van der Waals surface area contributed by atoms with E-state index in [0.717, 1.165) is 18.4 Å². The molecule has 0 radical (unpaired) electrons. The van der Waals surface area contributed by atoms with Crippen LogP contribution in [0, 0.1) is 6.92 Å². The van der Waals surface area contributed by atoms with Crippen LogP contribution in [0.3, 0.4) is 0 Å². The van der Waals surface area contributed by atoms with Crippen molar-refractivity contribution in [1.29, 1.82) is 0 Å². The molecule has 0 aliphatic carbocycles. The minimum Gasteiger partial charge on any atom is -0.462 e. The largest absolute Gasteiger partial charge is 0.462 e. The number of benzene rings is 1. The van der Waals surface area contributed by atoms with Gasteiger partial charge in [-0.3, -0.25) is 9.59 Å². The molecule has 0 aliphatic heterocycles. The van der Waals surface area contributed by atoms with E-state index in [1.54, 1.807) is 18.2 Å². The number of aryl methyl sites for hydroxylation is 1. The number of hydrogen-bond acceptors (Lipinski definition) is 4. The number of halogens is 1. The molecular formula is C16H21ClO4. The highest BCUT2D eigenvalue weighted by atomic mass is 35.5. The number of carbonyl (C=O) groups excluding carboxylic acids is 2. The first-order valence-electron chi connectivity index (χ1n) is 7.12. The molecular weight excluding hydrogens is 292 g/mol. The molecule has 0 fully saturated rings. The van der Waals surface area contributed by atoms with Crippen molar-refractivity contribution in [3.63, 3.8) is 0 Å². The van der Waals surface area contributed by atoms with Gasteiger partial charge < -0.3 is 9.47 Å². The summed E-state index contributed by atoms with van der Waals surface area (Å²) >= 11 is 5.89. The molecule has 0 heterocycles. The monoisotopic (exact) mass is 312 g/mol. The lowest BCUT2D eigenvalue weighted by Crippen LogP contribution is -2.18. The third-order valence-electron chi connectivity index (χ3n) is 3.10. The van der Waals surface area contributed by atoms with E-state index >= 15 is 0 Å². The Morgan fingerprint density at radius 3 is 2.33 bits per heavy atom. The van der Waals surface area contributed by atoms with Crippen molar-refractivity contribution in [2.75, 3.05) is 0 Å². The number of hydrogen-bond donors (Lipinski definition) is 0. The molecule has 0 N–H and O–H groups in total. The predicted molar refractivity (Wildman–Crippen MR) is 81.5 cm³/mol. The smallest absolute Gasteiger partial charge is 0.311 e. The minimum absolute atomic E-state index is 0.000651. The Hall–Kier alpha value is -1.55. The Bertz CT molecular complexity index is 495. The van der Waals surface area contributed by atoms with Crippen LogP contribution in [0.2, 0.25) is 5.02 Å². The third-order valence-corrected chi connectivity index (χ3v) is 3.53. The summed E-state index contributed by atoms with van der Waals surface area (Å²) in [6.07, 6.45) is 1.50. The Morgan fingerprint density at radius 1 is 1.14 bits per heavy atom. The second kappa shape index (κ2) is 8.67. The van der Waals surface area contributed by atoms with Crippen molar-refractivity contribution >= 4 is 23.5 Å². The first-order valence-corrected chi connectivity index (χ1v) is 7.50. The van der Waals surface area contributed by atoms with E-state index in [2.05, 4.69) is 0 Å². The molecule has 21 heavy (non-hydrogen) atoms. The zero-order valence-electron chi connectivity index (χ0n) is 12.6. The van der Waals surface area contributed by atoms with Gasteiger partial charge in [0.2, 0.25) is 0 Å². The highest BCUT2D eigenvalue weighted by Crippen LogP contribution is 2.21. The summed E-state index contributed by atoms with van der Waals surface area (Å²) in [5.74, 6) is -0.401. The first-order chi connectivity index (χ1) is 9.96. The maximum atomic E-state index is 11.7. The van der Waals surface area contributed by atoms with E-state index in [9.17, 15) is 9.59 Å². The lowest BCUT2D eigenvalue weighted by molar-refractivity contribution is -0.151. The Morgan fingerprint density at radius 2 is 1.76 bits per heavy atom. The fraction of sp³-hybridized carbons (Fsp3) is 0.500. The second-order valence-electron chi connectivity index (χ2n) is 4.81. The molecule has 1 aromatic rings. The van der Waals surface area contributed by atoms with Gasteiger partial charge in [-0.1, -0.05) is 25.4 Å². The van der Waals surface area contributed by atoms with Gasteiger partial charge in [0.15, 0.2) is 0 Å². The number of rotatable bonds is 7. The predicted octanol–water partition coefficient (Wildman–Crippen LogP) is 4.07. The van der Waals surface area contributed by atoms with Crippen molar-refractivity contribution in [1.82, 2.24) is 0 Å². The second-order valence-corrected chi connectivity index (χ2v) is 5.22. The molecule has 1 rings (SSSR count). The van der Waals surface area contributed by atoms with E-state index in [1.165, 1.54) is 0 Å². The van der Waals surface area contributed by atoms with E-state index < -0.39 is 5.97 Å². The highest BCUT2D eigenvalue weighted by Gasteiger charge is 2.14. The van der Waals surface area contributed by atoms with Gasteiger partial charge in [0.25, 0.3) is 0 Å². The molecule has 0 amide bonds. The summed E-state index contributed by atoms with van der Waals surface area (Å²) in [4.78, 5) is 23.3. The molecule has 0 spiro atoms. The van der Waals surface area contributed by atoms with Gasteiger partial charge in [-0.05, 0) is 43.5 Å². The summed E-state index contributed by atoms with van der Waals surface area (Å²) in [6, 6.07) is 4.97. The lowest BCUT2D eigenvalue weighted by Gasteiger charge is -2.13. The van der Waals surface area contributed by atoms with Crippen LogP contribution in [0.25, 0.3) is 0 Å². The van der Waals surface area contributed by atoms with Gasteiger partial charge in [0.05, 0.1) is 12.8 Å². The molecule has 0 saturated heterocycles. The zero-order chi connectivity index (χ0) is 15.8. The maximum absolute atomic E-state index is 11.7. The van der Waals surface area contributed by atoms with E-state index in [1.807, 2.05) is 20.8 Å². The topological polar surface area (TPSA) is 52.6 Å². The maximum Gasteiger partial charge on any atom is 0.311 e. The van der Waals surface area contributed by atoms with Gasteiger partial charge in [0.1, 0.15) is 11.9 Å². The minimum atomic E-state index is -0.460. The molecule has 116 valence electrons. The van der Waals surface area contributed by atoms with Crippen LogP contribution in [0.1, 0.15) is 45.1 Å². The van der Waals surface area contributed by atoms with Crippen molar-refractivity contribution in [2.24, 2.45) is 0 Å². The average Bonchev–Trinajstić information content (AvgIpc) is 2.46. The fourth-order valence-corrected chi connectivity index (χ4v) is 1.88. The summed E-state index contributed by atoms with van der Waals surface area (Å²) in [6.45, 7) is 5.74. The molecule has 5 heteroatoms.